The largest absolute Gasteiger partial charge is 0.639 e. The van der Waals surface area contributed by atoms with E-state index >= 15 is 0 Å². The van der Waals surface area contributed by atoms with Crippen LogP contribution in [0.25, 0.3) is 19.6 Å². The molecule has 0 bridgehead atoms. The first-order valence-electron chi connectivity index (χ1n) is 16.7. The molecule has 266 valence electrons. The predicted octanol–water partition coefficient (Wildman–Crippen LogP) is 9.93. The maximum atomic E-state index is 9.20. The lowest BCUT2D eigenvalue weighted by atomic mass is 9.93. The van der Waals surface area contributed by atoms with Gasteiger partial charge in [0, 0.05) is 44.0 Å². The van der Waals surface area contributed by atoms with Gasteiger partial charge in [0.15, 0.2) is 21.3 Å². The lowest BCUT2D eigenvalue weighted by Gasteiger charge is -2.31. The standard InChI is InChI=1S/C19H19BN3O4.C18H17BN3O4/c1-19(2)12-25-20(26-13-19)24-11-14-10-17(8-9-18(14)23-21)27-16-6-4-15(22-3)5-7-16;1-21-15-4-6-16(7-5-15)26-17-8-9-18(22-20)14(12-17)13-25-19-23-10-2-3-11-24-19/h4-10H,11-13H2,1-2H3;4-9,12H,2-3,10-11,13H2/q2*+1. The number of benzene rings is 4. The van der Waals surface area contributed by atoms with Crippen LogP contribution < -0.4 is 9.47 Å². The topological polar surface area (TPSA) is 139 Å². The van der Waals surface area contributed by atoms with E-state index in [0.717, 1.165) is 12.8 Å². The molecule has 0 atom stereocenters. The average Bonchev–Trinajstić information content (AvgIpc) is 3.47. The Kier molecular flexibility index (Phi) is 13.9. The molecule has 0 amide bonds. The van der Waals surface area contributed by atoms with Crippen molar-refractivity contribution in [3.05, 3.63) is 129 Å². The van der Waals surface area contributed by atoms with Crippen LogP contribution >= 0.6 is 0 Å². The van der Waals surface area contributed by atoms with Gasteiger partial charge in [-0.3, -0.25) is 0 Å². The Labute approximate surface area is 308 Å². The van der Waals surface area contributed by atoms with Gasteiger partial charge in [0.25, 0.3) is 0 Å². The van der Waals surface area contributed by atoms with Crippen molar-refractivity contribution in [3.63, 3.8) is 0 Å². The maximum Gasteiger partial charge on any atom is 0.639 e. The highest BCUT2D eigenvalue weighted by atomic mass is 16.7. The van der Waals surface area contributed by atoms with Crippen LogP contribution in [0.3, 0.4) is 0 Å². The summed E-state index contributed by atoms with van der Waals surface area (Å²) in [7, 11) is -1.48. The Morgan fingerprint density at radius 1 is 0.604 bits per heavy atom. The number of hydrogen-bond donors (Lipinski definition) is 0. The molecule has 0 saturated carbocycles. The SMILES string of the molecule is [C-]#[N+]c1ccc(Oc2ccc([N+]#N)c(COB3OCC(C)(C)CO3)c2)cc1.[C-]#[N+]c1ccc(Oc2ccc([N+]#N)c(COB3OCCCCO3)c2)cc1. The molecular formula is C37H36B2N6O8+2. The Balaban J connectivity index is 0.000000204. The minimum absolute atomic E-state index is 0.0397. The monoisotopic (exact) mass is 714 g/mol. The summed E-state index contributed by atoms with van der Waals surface area (Å²) in [6, 6.07) is 23.7. The summed E-state index contributed by atoms with van der Waals surface area (Å²) in [4.78, 5) is 13.2. The molecule has 0 unspecified atom stereocenters. The van der Waals surface area contributed by atoms with E-state index in [1.165, 1.54) is 0 Å². The van der Waals surface area contributed by atoms with Gasteiger partial charge in [0.2, 0.25) is 10.8 Å². The molecule has 0 radical (unpaired) electrons. The van der Waals surface area contributed by atoms with E-state index < -0.39 is 14.6 Å². The molecule has 0 N–H and O–H groups in total. The quantitative estimate of drug-likeness (QED) is 0.0886. The van der Waals surface area contributed by atoms with Gasteiger partial charge < -0.3 is 37.4 Å². The molecular weight excluding hydrogens is 678 g/mol. The molecule has 2 fully saturated rings. The van der Waals surface area contributed by atoms with E-state index in [9.17, 15) is 10.8 Å². The second kappa shape index (κ2) is 19.1. The highest BCUT2D eigenvalue weighted by Crippen LogP contribution is 2.32. The van der Waals surface area contributed by atoms with E-state index in [4.69, 9.17) is 50.5 Å². The van der Waals surface area contributed by atoms with Gasteiger partial charge >= 0.3 is 26.0 Å². The third-order valence-corrected chi connectivity index (χ3v) is 7.74. The van der Waals surface area contributed by atoms with Gasteiger partial charge in [-0.05, 0) is 61.4 Å². The Bertz CT molecular complexity index is 1990. The maximum absolute atomic E-state index is 9.20. The Hall–Kier alpha value is -5.81. The van der Waals surface area contributed by atoms with Crippen molar-refractivity contribution in [1.29, 1.82) is 10.8 Å². The molecule has 2 heterocycles. The molecule has 2 aliphatic heterocycles. The zero-order chi connectivity index (χ0) is 37.5. The minimum atomic E-state index is -0.754. The van der Waals surface area contributed by atoms with E-state index in [1.54, 1.807) is 84.9 Å². The minimum Gasteiger partial charge on any atom is -0.457 e. The van der Waals surface area contributed by atoms with Gasteiger partial charge in [-0.1, -0.05) is 38.1 Å². The van der Waals surface area contributed by atoms with E-state index in [1.807, 2.05) is 0 Å². The molecule has 2 saturated heterocycles. The summed E-state index contributed by atoms with van der Waals surface area (Å²) in [5, 5.41) is 18.4. The van der Waals surface area contributed by atoms with Crippen molar-refractivity contribution in [2.75, 3.05) is 26.4 Å². The van der Waals surface area contributed by atoms with Crippen LogP contribution in [0.4, 0.5) is 22.7 Å². The Morgan fingerprint density at radius 3 is 1.40 bits per heavy atom. The predicted molar refractivity (Wildman–Crippen MR) is 196 cm³/mol. The fourth-order valence-corrected chi connectivity index (χ4v) is 4.92. The third-order valence-electron chi connectivity index (χ3n) is 7.74. The smallest absolute Gasteiger partial charge is 0.457 e. The van der Waals surface area contributed by atoms with Crippen molar-refractivity contribution in [3.8, 4) is 23.0 Å². The zero-order valence-corrected chi connectivity index (χ0v) is 29.3. The van der Waals surface area contributed by atoms with Gasteiger partial charge in [-0.25, -0.2) is 9.69 Å². The molecule has 2 aliphatic rings. The summed E-state index contributed by atoms with van der Waals surface area (Å²) in [6.45, 7) is 20.6. The van der Waals surface area contributed by atoms with Gasteiger partial charge in [-0.15, -0.1) is 0 Å². The lowest BCUT2D eigenvalue weighted by Crippen LogP contribution is -2.42. The van der Waals surface area contributed by atoms with Crippen molar-refractivity contribution in [2.24, 2.45) is 5.41 Å². The third kappa shape index (κ3) is 11.9. The normalized spacial score (nSPS) is 14.9. The number of ether oxygens (including phenoxy) is 2. The Morgan fingerprint density at radius 2 is 1.00 bits per heavy atom. The first kappa shape index (κ1) is 38.4. The molecule has 53 heavy (non-hydrogen) atoms. The summed E-state index contributed by atoms with van der Waals surface area (Å²) < 4.78 is 44.8. The molecule has 0 aliphatic carbocycles. The highest BCUT2D eigenvalue weighted by molar-refractivity contribution is 6.36. The lowest BCUT2D eigenvalue weighted by molar-refractivity contribution is -0.0213. The summed E-state index contributed by atoms with van der Waals surface area (Å²) >= 11 is 0. The van der Waals surface area contributed by atoms with Gasteiger partial charge in [0.05, 0.1) is 37.5 Å². The van der Waals surface area contributed by atoms with Crippen LogP contribution in [0.2, 0.25) is 0 Å². The van der Waals surface area contributed by atoms with Crippen molar-refractivity contribution < 1.29 is 37.4 Å². The van der Waals surface area contributed by atoms with Crippen LogP contribution in [-0.2, 0) is 41.1 Å². The number of rotatable bonds is 10. The molecule has 16 heteroatoms. The van der Waals surface area contributed by atoms with Crippen LogP contribution in [0.1, 0.15) is 37.8 Å². The number of nitrogens with zero attached hydrogens (tertiary/aromatic N) is 6. The van der Waals surface area contributed by atoms with Crippen molar-refractivity contribution >= 4 is 37.4 Å². The van der Waals surface area contributed by atoms with Gasteiger partial charge in [-0.2, -0.15) is 0 Å². The molecule has 0 spiro atoms. The highest BCUT2D eigenvalue weighted by Gasteiger charge is 2.35. The molecule has 14 nitrogen and oxygen atoms in total. The first-order chi connectivity index (χ1) is 25.8. The zero-order valence-electron chi connectivity index (χ0n) is 29.3. The van der Waals surface area contributed by atoms with Crippen LogP contribution in [-0.4, -0.2) is 41.1 Å². The van der Waals surface area contributed by atoms with Crippen molar-refractivity contribution in [1.82, 2.24) is 0 Å². The van der Waals surface area contributed by atoms with Gasteiger partial charge in [0.1, 0.15) is 23.0 Å². The second-order valence-corrected chi connectivity index (χ2v) is 12.6. The fourth-order valence-electron chi connectivity index (χ4n) is 4.92. The molecule has 0 aromatic heterocycles. The number of diazo groups is 2. The van der Waals surface area contributed by atoms with E-state index in [0.29, 0.717) is 83.3 Å². The molecule has 4 aromatic carbocycles. The van der Waals surface area contributed by atoms with Crippen molar-refractivity contribution in [2.45, 2.75) is 39.9 Å². The second-order valence-electron chi connectivity index (χ2n) is 12.6. The fraction of sp³-hybridized carbons (Fsp3) is 0.297. The van der Waals surface area contributed by atoms with Crippen LogP contribution in [0.5, 0.6) is 23.0 Å². The van der Waals surface area contributed by atoms with E-state index in [-0.39, 0.29) is 18.6 Å². The first-order valence-corrected chi connectivity index (χ1v) is 16.7. The average molecular weight is 714 g/mol. The summed E-state index contributed by atoms with van der Waals surface area (Å²) in [6.07, 6.45) is 1.87. The van der Waals surface area contributed by atoms with Crippen LogP contribution in [0.15, 0.2) is 84.9 Å². The van der Waals surface area contributed by atoms with E-state index in [2.05, 4.69) is 33.5 Å². The van der Waals surface area contributed by atoms with Crippen LogP contribution in [0, 0.1) is 29.3 Å². The summed E-state index contributed by atoms with van der Waals surface area (Å²) in [5.41, 5.74) is 3.08. The molecule has 6 rings (SSSR count). The molecule has 4 aromatic rings. The number of hydrogen-bond acceptors (Lipinski definition) is 10. The summed E-state index contributed by atoms with van der Waals surface area (Å²) in [5.74, 6) is 2.33.